The number of halogens is 4. The lowest BCUT2D eigenvalue weighted by Crippen LogP contribution is -2.20. The van der Waals surface area contributed by atoms with Gasteiger partial charge in [-0.05, 0) is 42.0 Å². The summed E-state index contributed by atoms with van der Waals surface area (Å²) in [6.07, 6.45) is 3.56. The van der Waals surface area contributed by atoms with Gasteiger partial charge in [0.2, 0.25) is 0 Å². The summed E-state index contributed by atoms with van der Waals surface area (Å²) in [5.41, 5.74) is 1.47. The predicted molar refractivity (Wildman–Crippen MR) is 95.0 cm³/mol. The van der Waals surface area contributed by atoms with Gasteiger partial charge in [0.05, 0.1) is 18.2 Å². The van der Waals surface area contributed by atoms with Crippen molar-refractivity contribution in [1.82, 2.24) is 5.06 Å². The Morgan fingerprint density at radius 2 is 2.00 bits per heavy atom. The topological polar surface area (TPSA) is 41.9 Å². The van der Waals surface area contributed by atoms with Gasteiger partial charge in [0, 0.05) is 17.2 Å². The number of hydrogen-bond acceptors (Lipinski definition) is 4. The lowest BCUT2D eigenvalue weighted by atomic mass is 9.91. The van der Waals surface area contributed by atoms with Crippen LogP contribution >= 0.6 is 23.2 Å². The fourth-order valence-corrected chi connectivity index (χ4v) is 3.63. The van der Waals surface area contributed by atoms with Crippen molar-refractivity contribution in [3.8, 4) is 11.5 Å². The largest absolute Gasteiger partial charge is 0.489 e. The van der Waals surface area contributed by atoms with Gasteiger partial charge < -0.3 is 9.47 Å². The van der Waals surface area contributed by atoms with Crippen molar-refractivity contribution in [2.45, 2.75) is 32.3 Å². The number of benzene rings is 1. The Morgan fingerprint density at radius 1 is 1.27 bits per heavy atom. The van der Waals surface area contributed by atoms with Gasteiger partial charge in [-0.2, -0.15) is 8.78 Å². The van der Waals surface area contributed by atoms with Gasteiger partial charge in [0.25, 0.3) is 0 Å². The molecule has 8 heteroatoms. The van der Waals surface area contributed by atoms with Crippen LogP contribution in [0.15, 0.2) is 40.0 Å². The molecule has 1 aromatic carbocycles. The average Bonchev–Trinajstić information content (AvgIpc) is 3.36. The van der Waals surface area contributed by atoms with E-state index in [0.717, 1.165) is 23.5 Å². The molecule has 0 amide bonds. The first kappa shape index (κ1) is 19.3. The number of alkyl halides is 2. The average molecular weight is 406 g/mol. The normalized spacial score (nSPS) is 18.9. The zero-order valence-electron chi connectivity index (χ0n) is 14.1. The molecule has 1 aliphatic heterocycles. The Labute approximate surface area is 160 Å². The molecule has 26 heavy (non-hydrogen) atoms. The molecule has 142 valence electrons. The van der Waals surface area contributed by atoms with Crippen LogP contribution in [0.4, 0.5) is 8.78 Å². The minimum Gasteiger partial charge on any atom is -0.489 e. The molecule has 0 spiro atoms. The first-order valence-electron chi connectivity index (χ1n) is 8.28. The van der Waals surface area contributed by atoms with Crippen molar-refractivity contribution in [2.75, 3.05) is 13.2 Å². The number of ether oxygens (including phenoxy) is 2. The fraction of sp³-hybridized carbons (Fsp3) is 0.444. The maximum Gasteiger partial charge on any atom is 0.387 e. The molecule has 1 atom stereocenters. The van der Waals surface area contributed by atoms with Crippen molar-refractivity contribution in [1.29, 1.82) is 0 Å². The lowest BCUT2D eigenvalue weighted by molar-refractivity contribution is -0.0515. The van der Waals surface area contributed by atoms with Crippen molar-refractivity contribution in [3.05, 3.63) is 45.6 Å². The molecule has 1 fully saturated rings. The van der Waals surface area contributed by atoms with E-state index >= 15 is 0 Å². The molecule has 4 nitrogen and oxygen atoms in total. The van der Waals surface area contributed by atoms with E-state index in [-0.39, 0.29) is 24.0 Å². The molecule has 1 heterocycles. The molecule has 0 bridgehead atoms. The minimum atomic E-state index is -2.93. The van der Waals surface area contributed by atoms with Crippen LogP contribution in [0.25, 0.3) is 0 Å². The number of hydroxylamine groups is 2. The molecule has 3 rings (SSSR count). The predicted octanol–water partition coefficient (Wildman–Crippen LogP) is 5.46. The Balaban J connectivity index is 1.87. The molecule has 0 saturated heterocycles. The van der Waals surface area contributed by atoms with E-state index in [2.05, 4.69) is 4.74 Å². The van der Waals surface area contributed by atoms with Gasteiger partial charge >= 0.3 is 6.61 Å². The van der Waals surface area contributed by atoms with Gasteiger partial charge in [-0.1, -0.05) is 36.2 Å². The second-order valence-electron chi connectivity index (χ2n) is 6.45. The second-order valence-corrected chi connectivity index (χ2v) is 7.32. The summed E-state index contributed by atoms with van der Waals surface area (Å²) in [5.74, 6) is 0.532. The third-order valence-electron chi connectivity index (χ3n) is 4.40. The summed E-state index contributed by atoms with van der Waals surface area (Å²) in [6.45, 7) is -0.421. The highest BCUT2D eigenvalue weighted by Crippen LogP contribution is 2.41. The van der Waals surface area contributed by atoms with Gasteiger partial charge in [-0.3, -0.25) is 10.3 Å². The highest BCUT2D eigenvalue weighted by Gasteiger charge is 2.26. The van der Waals surface area contributed by atoms with Gasteiger partial charge in [0.15, 0.2) is 11.5 Å². The Kier molecular flexibility index (Phi) is 5.95. The van der Waals surface area contributed by atoms with Crippen molar-refractivity contribution >= 4 is 23.2 Å². The smallest absolute Gasteiger partial charge is 0.387 e. The van der Waals surface area contributed by atoms with Crippen LogP contribution in [0.1, 0.15) is 31.2 Å². The van der Waals surface area contributed by atoms with Gasteiger partial charge in [-0.15, -0.1) is 0 Å². The van der Waals surface area contributed by atoms with Crippen LogP contribution in [0.2, 0.25) is 0 Å². The maximum absolute atomic E-state index is 12.6. The molecule has 1 N–H and O–H groups in total. The minimum absolute atomic E-state index is 0.00323. The summed E-state index contributed by atoms with van der Waals surface area (Å²) in [5, 5.41) is 11.2. The summed E-state index contributed by atoms with van der Waals surface area (Å²) in [7, 11) is 0. The number of allylic oxidation sites excluding steroid dienone is 2. The van der Waals surface area contributed by atoms with E-state index in [1.165, 1.54) is 12.3 Å². The molecule has 1 aliphatic carbocycles. The van der Waals surface area contributed by atoms with E-state index in [1.54, 1.807) is 12.1 Å². The van der Waals surface area contributed by atoms with E-state index in [4.69, 9.17) is 27.9 Å². The zero-order chi connectivity index (χ0) is 18.8. The van der Waals surface area contributed by atoms with E-state index in [1.807, 2.05) is 6.92 Å². The van der Waals surface area contributed by atoms with E-state index in [9.17, 15) is 14.0 Å². The lowest BCUT2D eigenvalue weighted by Gasteiger charge is -2.25. The van der Waals surface area contributed by atoms with Crippen molar-refractivity contribution in [2.24, 2.45) is 5.92 Å². The molecule has 1 unspecified atom stereocenters. The van der Waals surface area contributed by atoms with Crippen LogP contribution in [0.5, 0.6) is 11.5 Å². The highest BCUT2D eigenvalue weighted by molar-refractivity contribution is 6.36. The third kappa shape index (κ3) is 4.61. The standard InChI is InChI=1S/C18H19Cl2F2NO3/c1-10(17-13(19)7-23(24)8-14(17)20)12-4-5-15(26-18(21)22)16(6-12)25-9-11-2-3-11/h4-7,10-11,18,24H,2-3,8-9H2,1H3. The molecular weight excluding hydrogens is 387 g/mol. The van der Waals surface area contributed by atoms with Crippen LogP contribution in [0.3, 0.4) is 0 Å². The summed E-state index contributed by atoms with van der Waals surface area (Å²) >= 11 is 12.5. The molecule has 1 aromatic rings. The summed E-state index contributed by atoms with van der Waals surface area (Å²) in [4.78, 5) is 0. The highest BCUT2D eigenvalue weighted by atomic mass is 35.5. The monoisotopic (exact) mass is 405 g/mol. The van der Waals surface area contributed by atoms with Crippen LogP contribution in [-0.2, 0) is 0 Å². The Hall–Kier alpha value is -1.50. The van der Waals surface area contributed by atoms with E-state index < -0.39 is 6.61 Å². The van der Waals surface area contributed by atoms with Crippen LogP contribution in [0, 0.1) is 5.92 Å². The molecule has 0 aromatic heterocycles. The Bertz CT molecular complexity index is 735. The molecule has 0 radical (unpaired) electrons. The quantitative estimate of drug-likeness (QED) is 0.653. The van der Waals surface area contributed by atoms with Crippen molar-refractivity contribution in [3.63, 3.8) is 0 Å². The van der Waals surface area contributed by atoms with E-state index in [0.29, 0.717) is 28.2 Å². The second kappa shape index (κ2) is 8.03. The number of nitrogens with zero attached hydrogens (tertiary/aromatic N) is 1. The van der Waals surface area contributed by atoms with Gasteiger partial charge in [-0.25, -0.2) is 0 Å². The Morgan fingerprint density at radius 3 is 2.62 bits per heavy atom. The SMILES string of the molecule is CC(C1=C(Cl)CN(O)C=C1Cl)c1ccc(OC(F)F)c(OCC2CC2)c1. The van der Waals surface area contributed by atoms with Crippen LogP contribution < -0.4 is 9.47 Å². The fourth-order valence-electron chi connectivity index (χ4n) is 2.80. The molecular formula is C18H19Cl2F2NO3. The van der Waals surface area contributed by atoms with Crippen molar-refractivity contribution < 1.29 is 23.5 Å². The zero-order valence-corrected chi connectivity index (χ0v) is 15.6. The molecule has 1 saturated carbocycles. The third-order valence-corrected chi connectivity index (χ3v) is 5.03. The first-order chi connectivity index (χ1) is 12.3. The number of hydrogen-bond donors (Lipinski definition) is 1. The maximum atomic E-state index is 12.6. The summed E-state index contributed by atoms with van der Waals surface area (Å²) in [6, 6.07) is 4.82. The van der Waals surface area contributed by atoms with Crippen LogP contribution in [-0.4, -0.2) is 30.0 Å². The van der Waals surface area contributed by atoms with Gasteiger partial charge in [0.1, 0.15) is 0 Å². The number of rotatable bonds is 7. The molecule has 2 aliphatic rings. The summed E-state index contributed by atoms with van der Waals surface area (Å²) < 4.78 is 35.6. The first-order valence-corrected chi connectivity index (χ1v) is 9.04.